The van der Waals surface area contributed by atoms with Crippen LogP contribution in [0.25, 0.3) is 0 Å². The van der Waals surface area contributed by atoms with Crippen LogP contribution in [0.1, 0.15) is 44.3 Å². The molecule has 27 heavy (non-hydrogen) atoms. The minimum absolute atomic E-state index is 0.0132. The van der Waals surface area contributed by atoms with Crippen LogP contribution in [0.15, 0.2) is 27.2 Å². The molecule has 8 heteroatoms. The van der Waals surface area contributed by atoms with Crippen molar-refractivity contribution in [3.8, 4) is 0 Å². The second-order valence-electron chi connectivity index (χ2n) is 8.40. The van der Waals surface area contributed by atoms with E-state index >= 15 is 0 Å². The van der Waals surface area contributed by atoms with Gasteiger partial charge >= 0.3 is 0 Å². The van der Waals surface area contributed by atoms with Crippen molar-refractivity contribution in [2.75, 3.05) is 11.5 Å². The number of aromatic nitrogens is 2. The average molecular weight is 405 g/mol. The Labute approximate surface area is 166 Å². The van der Waals surface area contributed by atoms with Crippen LogP contribution in [0.3, 0.4) is 0 Å². The highest BCUT2D eigenvalue weighted by atomic mass is 32.2. The van der Waals surface area contributed by atoms with E-state index < -0.39 is 0 Å². The molecule has 0 aliphatic heterocycles. The van der Waals surface area contributed by atoms with Crippen molar-refractivity contribution in [2.24, 2.45) is 17.8 Å². The number of hydrogen-bond donors (Lipinski definition) is 1. The summed E-state index contributed by atoms with van der Waals surface area (Å²) in [7, 11) is 0. The van der Waals surface area contributed by atoms with Gasteiger partial charge in [0.1, 0.15) is 5.76 Å². The molecule has 0 atom stereocenters. The first-order valence-electron chi connectivity index (χ1n) is 9.64. The number of amides is 1. The maximum Gasteiger partial charge on any atom is 0.233 e. The largest absolute Gasteiger partial charge is 0.467 e. The number of anilines is 1. The number of carbonyl (C=O) groups excluding carboxylic acids is 1. The number of carbonyl (C=O) groups is 1. The highest BCUT2D eigenvalue weighted by molar-refractivity contribution is 8.01. The van der Waals surface area contributed by atoms with E-state index in [1.165, 1.54) is 42.4 Å². The topological polar surface area (TPSA) is 85.2 Å². The molecule has 0 radical (unpaired) electrons. The summed E-state index contributed by atoms with van der Waals surface area (Å²) >= 11 is 2.77. The van der Waals surface area contributed by atoms with Gasteiger partial charge < -0.3 is 15.1 Å². The van der Waals surface area contributed by atoms with Gasteiger partial charge in [-0.3, -0.25) is 4.79 Å². The molecule has 0 aromatic carbocycles. The average Bonchev–Trinajstić information content (AvgIpc) is 3.28. The van der Waals surface area contributed by atoms with Crippen molar-refractivity contribution in [3.63, 3.8) is 0 Å². The summed E-state index contributed by atoms with van der Waals surface area (Å²) in [4.78, 5) is 15.5. The van der Waals surface area contributed by atoms with Gasteiger partial charge in [-0.25, -0.2) is 0 Å². The minimum Gasteiger partial charge on any atom is -0.467 e. The Kier molecular flexibility index (Phi) is 4.43. The van der Waals surface area contributed by atoms with E-state index in [0.717, 1.165) is 47.1 Å². The van der Waals surface area contributed by atoms with Gasteiger partial charge in [-0.05, 0) is 68.4 Å². The molecule has 2 aromatic heterocycles. The molecule has 4 saturated carbocycles. The third kappa shape index (κ3) is 3.38. The number of nitrogens with zero attached hydrogens (tertiary/aromatic N) is 3. The van der Waals surface area contributed by atoms with Crippen molar-refractivity contribution in [3.05, 3.63) is 24.2 Å². The first kappa shape index (κ1) is 17.6. The van der Waals surface area contributed by atoms with Crippen LogP contribution in [-0.2, 0) is 11.3 Å². The Morgan fingerprint density at radius 1 is 1.26 bits per heavy atom. The van der Waals surface area contributed by atoms with Crippen molar-refractivity contribution in [1.82, 2.24) is 15.1 Å². The second kappa shape index (κ2) is 6.81. The molecule has 0 unspecified atom stereocenters. The highest BCUT2D eigenvalue weighted by Crippen LogP contribution is 2.58. The molecule has 2 aromatic rings. The summed E-state index contributed by atoms with van der Waals surface area (Å²) in [5.41, 5.74) is 5.67. The van der Waals surface area contributed by atoms with Crippen LogP contribution in [-0.4, -0.2) is 32.3 Å². The lowest BCUT2D eigenvalue weighted by Gasteiger charge is -2.60. The summed E-state index contributed by atoms with van der Waals surface area (Å²) in [6.07, 6.45) is 9.24. The molecule has 6 nitrogen and oxygen atoms in total. The van der Waals surface area contributed by atoms with Crippen molar-refractivity contribution < 1.29 is 9.21 Å². The van der Waals surface area contributed by atoms with Gasteiger partial charge in [0, 0.05) is 5.54 Å². The van der Waals surface area contributed by atoms with Crippen LogP contribution in [0.4, 0.5) is 5.13 Å². The monoisotopic (exact) mass is 404 g/mol. The molecule has 4 aliphatic carbocycles. The van der Waals surface area contributed by atoms with Gasteiger partial charge in [0.15, 0.2) is 4.34 Å². The molecular weight excluding hydrogens is 380 g/mol. The summed E-state index contributed by atoms with van der Waals surface area (Å²) in [5, 5.41) is 8.32. The Morgan fingerprint density at radius 2 is 1.96 bits per heavy atom. The van der Waals surface area contributed by atoms with Crippen LogP contribution in [0, 0.1) is 17.8 Å². The zero-order valence-electron chi connectivity index (χ0n) is 15.2. The van der Waals surface area contributed by atoms with E-state index in [-0.39, 0.29) is 11.4 Å². The van der Waals surface area contributed by atoms with E-state index in [0.29, 0.717) is 17.4 Å². The zero-order valence-corrected chi connectivity index (χ0v) is 16.8. The molecular formula is C19H24N4O2S2. The van der Waals surface area contributed by atoms with Crippen molar-refractivity contribution >= 4 is 34.1 Å². The summed E-state index contributed by atoms with van der Waals surface area (Å²) in [6.45, 7) is 0.566. The van der Waals surface area contributed by atoms with Gasteiger partial charge in [-0.15, -0.1) is 10.2 Å². The predicted octanol–water partition coefficient (Wildman–Crippen LogP) is 3.80. The van der Waals surface area contributed by atoms with E-state index in [1.807, 2.05) is 12.1 Å². The van der Waals surface area contributed by atoms with Crippen LogP contribution in [0.5, 0.6) is 0 Å². The summed E-state index contributed by atoms with van der Waals surface area (Å²) in [5.74, 6) is 3.78. The first-order chi connectivity index (χ1) is 13.1. The molecule has 1 amide bonds. The quantitative estimate of drug-likeness (QED) is 0.737. The molecule has 2 heterocycles. The van der Waals surface area contributed by atoms with E-state index in [9.17, 15) is 4.79 Å². The molecule has 0 saturated heterocycles. The minimum atomic E-state index is 0.0132. The number of furan rings is 1. The third-order valence-corrected chi connectivity index (χ3v) is 8.39. The number of hydrogen-bond acceptors (Lipinski definition) is 7. The van der Waals surface area contributed by atoms with Crippen LogP contribution < -0.4 is 5.73 Å². The Hall–Kier alpha value is -1.54. The standard InChI is InChI=1S/C19H24N4O2S2/c20-17-21-22-18(27-17)26-11-16(24)23(10-15-2-1-3-25-15)19-7-12-4-13(8-19)6-14(5-12)9-19/h1-3,12-14H,4-11H2,(H2,20,21). The third-order valence-electron chi connectivity index (χ3n) is 6.51. The Bertz CT molecular complexity index is 784. The number of rotatable bonds is 6. The fourth-order valence-electron chi connectivity index (χ4n) is 5.95. The van der Waals surface area contributed by atoms with Crippen molar-refractivity contribution in [1.29, 1.82) is 0 Å². The molecule has 6 rings (SSSR count). The second-order valence-corrected chi connectivity index (χ2v) is 10.6. The first-order valence-corrected chi connectivity index (χ1v) is 11.4. The van der Waals surface area contributed by atoms with E-state index in [2.05, 4.69) is 15.1 Å². The maximum absolute atomic E-state index is 13.4. The van der Waals surface area contributed by atoms with Gasteiger partial charge in [0.2, 0.25) is 11.0 Å². The number of nitrogen functional groups attached to an aromatic ring is 1. The number of nitrogens with two attached hydrogens (primary N) is 1. The SMILES string of the molecule is Nc1nnc(SCC(=O)N(Cc2ccco2)C23CC4CC(CC(C4)C2)C3)s1. The lowest BCUT2D eigenvalue weighted by molar-refractivity contribution is -0.150. The number of thioether (sulfide) groups is 1. The highest BCUT2D eigenvalue weighted by Gasteiger charge is 2.54. The van der Waals surface area contributed by atoms with Crippen LogP contribution in [0.2, 0.25) is 0 Å². The summed E-state index contributed by atoms with van der Waals surface area (Å²) < 4.78 is 6.36. The van der Waals surface area contributed by atoms with Crippen molar-refractivity contribution in [2.45, 2.75) is 54.9 Å². The molecule has 4 bridgehead atoms. The smallest absolute Gasteiger partial charge is 0.233 e. The summed E-state index contributed by atoms with van der Waals surface area (Å²) in [6, 6.07) is 3.87. The van der Waals surface area contributed by atoms with E-state index in [1.54, 1.807) is 6.26 Å². The predicted molar refractivity (Wildman–Crippen MR) is 105 cm³/mol. The van der Waals surface area contributed by atoms with Gasteiger partial charge in [0.25, 0.3) is 0 Å². The van der Waals surface area contributed by atoms with Gasteiger partial charge in [-0.1, -0.05) is 23.1 Å². The van der Waals surface area contributed by atoms with E-state index in [4.69, 9.17) is 10.2 Å². The van der Waals surface area contributed by atoms with Gasteiger partial charge in [0.05, 0.1) is 18.6 Å². The molecule has 2 N–H and O–H groups in total. The fourth-order valence-corrected chi connectivity index (χ4v) is 7.47. The zero-order chi connectivity index (χ0) is 18.4. The molecule has 144 valence electrons. The van der Waals surface area contributed by atoms with Gasteiger partial charge in [-0.2, -0.15) is 0 Å². The Morgan fingerprint density at radius 3 is 2.52 bits per heavy atom. The molecule has 4 fully saturated rings. The lowest BCUT2D eigenvalue weighted by atomic mass is 9.52. The normalized spacial score (nSPS) is 31.3. The van der Waals surface area contributed by atoms with Crippen LogP contribution >= 0.6 is 23.1 Å². The molecule has 0 spiro atoms. The maximum atomic E-state index is 13.4. The Balaban J connectivity index is 1.38. The molecule has 4 aliphatic rings. The lowest BCUT2D eigenvalue weighted by Crippen LogP contribution is -2.61. The fraction of sp³-hybridized carbons (Fsp3) is 0.632.